The number of anilines is 1. The predicted molar refractivity (Wildman–Crippen MR) is 97.1 cm³/mol. The molecule has 168 valence electrons. The molecule has 31 heavy (non-hydrogen) atoms. The molecule has 0 aromatic carbocycles. The van der Waals surface area contributed by atoms with Crippen LogP contribution in [0.3, 0.4) is 0 Å². The number of halogens is 5. The van der Waals surface area contributed by atoms with E-state index in [1.54, 1.807) is 6.92 Å². The fraction of sp³-hybridized carbons (Fsp3) is 0.444. The molecule has 0 saturated carbocycles. The largest absolute Gasteiger partial charge is 0.522 e. The molecule has 0 bridgehead atoms. The van der Waals surface area contributed by atoms with Crippen LogP contribution in [0.25, 0.3) is 11.3 Å². The van der Waals surface area contributed by atoms with Crippen molar-refractivity contribution in [3.05, 3.63) is 30.7 Å². The topological polar surface area (TPSA) is 89.5 Å². The SMILES string of the molecule is C[C@@H](Nc1cc(-c2ccc(OC(F)F)nc2)ncn1)C(=O)N1C[C@H](OC(F)(F)F)[C@@H]1C. The lowest BCUT2D eigenvalue weighted by Crippen LogP contribution is -2.64. The van der Waals surface area contributed by atoms with Gasteiger partial charge in [-0.05, 0) is 19.9 Å². The van der Waals surface area contributed by atoms with Gasteiger partial charge in [-0.1, -0.05) is 0 Å². The van der Waals surface area contributed by atoms with Crippen LogP contribution in [0.5, 0.6) is 5.88 Å². The van der Waals surface area contributed by atoms with Crippen molar-refractivity contribution in [2.45, 2.75) is 45.0 Å². The maximum Gasteiger partial charge on any atom is 0.522 e. The van der Waals surface area contributed by atoms with Gasteiger partial charge < -0.3 is 15.0 Å². The fourth-order valence-corrected chi connectivity index (χ4v) is 2.99. The maximum absolute atomic E-state index is 12.5. The molecule has 1 fully saturated rings. The van der Waals surface area contributed by atoms with Crippen LogP contribution in [-0.2, 0) is 9.53 Å². The lowest BCUT2D eigenvalue weighted by molar-refractivity contribution is -0.359. The van der Waals surface area contributed by atoms with Crippen LogP contribution in [0.1, 0.15) is 13.8 Å². The Balaban J connectivity index is 1.61. The normalized spacial score (nSPS) is 19.7. The molecule has 1 amide bonds. The Hall–Kier alpha value is -3.09. The van der Waals surface area contributed by atoms with Crippen LogP contribution in [0.15, 0.2) is 30.7 Å². The number of likely N-dealkylation sites (tertiary alicyclic amines) is 1. The number of carbonyl (C=O) groups excluding carboxylic acids is 1. The van der Waals surface area contributed by atoms with Crippen molar-refractivity contribution in [1.29, 1.82) is 0 Å². The molecule has 0 spiro atoms. The molecule has 13 heteroatoms. The average Bonchev–Trinajstić information content (AvgIpc) is 2.69. The van der Waals surface area contributed by atoms with E-state index in [0.717, 1.165) is 0 Å². The van der Waals surface area contributed by atoms with E-state index in [9.17, 15) is 26.7 Å². The van der Waals surface area contributed by atoms with Crippen LogP contribution in [0, 0.1) is 0 Å². The summed E-state index contributed by atoms with van der Waals surface area (Å²) in [6.07, 6.45) is -3.33. The number of amides is 1. The number of hydrogen-bond donors (Lipinski definition) is 1. The lowest BCUT2D eigenvalue weighted by Gasteiger charge is -2.46. The van der Waals surface area contributed by atoms with Gasteiger partial charge in [0.25, 0.3) is 0 Å². The van der Waals surface area contributed by atoms with Crippen LogP contribution in [0.4, 0.5) is 27.8 Å². The molecule has 3 heterocycles. The van der Waals surface area contributed by atoms with E-state index in [2.05, 4.69) is 29.7 Å². The third kappa shape index (κ3) is 5.75. The summed E-state index contributed by atoms with van der Waals surface area (Å²) in [4.78, 5) is 25.7. The zero-order valence-electron chi connectivity index (χ0n) is 16.3. The van der Waals surface area contributed by atoms with E-state index in [1.807, 2.05) is 0 Å². The third-order valence-electron chi connectivity index (χ3n) is 4.62. The van der Waals surface area contributed by atoms with Crippen molar-refractivity contribution < 1.29 is 36.2 Å². The first kappa shape index (κ1) is 22.6. The number of ether oxygens (including phenoxy) is 2. The number of nitrogens with zero attached hydrogens (tertiary/aromatic N) is 4. The summed E-state index contributed by atoms with van der Waals surface area (Å²) in [7, 11) is 0. The summed E-state index contributed by atoms with van der Waals surface area (Å²) in [5, 5.41) is 2.87. The number of hydrogen-bond acceptors (Lipinski definition) is 7. The zero-order valence-corrected chi connectivity index (χ0v) is 16.3. The Morgan fingerprint density at radius 1 is 1.26 bits per heavy atom. The Morgan fingerprint density at radius 2 is 2.00 bits per heavy atom. The summed E-state index contributed by atoms with van der Waals surface area (Å²) in [5.74, 6) is -0.373. The minimum Gasteiger partial charge on any atom is -0.417 e. The second-order valence-corrected chi connectivity index (χ2v) is 6.75. The summed E-state index contributed by atoms with van der Waals surface area (Å²) < 4.78 is 69.6. The van der Waals surface area contributed by atoms with Crippen molar-refractivity contribution in [2.24, 2.45) is 0 Å². The van der Waals surface area contributed by atoms with Crippen molar-refractivity contribution in [2.75, 3.05) is 11.9 Å². The molecule has 1 N–H and O–H groups in total. The van der Waals surface area contributed by atoms with Crippen molar-refractivity contribution in [3.8, 4) is 17.1 Å². The molecule has 1 saturated heterocycles. The van der Waals surface area contributed by atoms with Gasteiger partial charge in [-0.25, -0.2) is 15.0 Å². The number of rotatable bonds is 7. The molecule has 2 aromatic rings. The highest BCUT2D eigenvalue weighted by Gasteiger charge is 2.46. The Morgan fingerprint density at radius 3 is 2.58 bits per heavy atom. The monoisotopic (exact) mass is 447 g/mol. The van der Waals surface area contributed by atoms with Crippen molar-refractivity contribution in [1.82, 2.24) is 19.9 Å². The smallest absolute Gasteiger partial charge is 0.417 e. The third-order valence-corrected chi connectivity index (χ3v) is 4.62. The summed E-state index contributed by atoms with van der Waals surface area (Å²) in [6, 6.07) is 2.75. The maximum atomic E-state index is 12.5. The number of pyridine rings is 1. The average molecular weight is 447 g/mol. The molecule has 1 aliphatic rings. The summed E-state index contributed by atoms with van der Waals surface area (Å²) in [6.45, 7) is -0.134. The highest BCUT2D eigenvalue weighted by atomic mass is 19.4. The Labute approximate surface area is 173 Å². The van der Waals surface area contributed by atoms with E-state index >= 15 is 0 Å². The summed E-state index contributed by atoms with van der Waals surface area (Å²) >= 11 is 0. The van der Waals surface area contributed by atoms with Gasteiger partial charge in [0.15, 0.2) is 0 Å². The van der Waals surface area contributed by atoms with Gasteiger partial charge in [0, 0.05) is 30.4 Å². The molecule has 0 unspecified atom stereocenters. The molecule has 8 nitrogen and oxygen atoms in total. The van der Waals surface area contributed by atoms with Gasteiger partial charge >= 0.3 is 13.0 Å². The fourth-order valence-electron chi connectivity index (χ4n) is 2.99. The van der Waals surface area contributed by atoms with E-state index in [4.69, 9.17) is 0 Å². The second-order valence-electron chi connectivity index (χ2n) is 6.75. The quantitative estimate of drug-likeness (QED) is 0.653. The number of nitrogens with one attached hydrogen (secondary N) is 1. The van der Waals surface area contributed by atoms with Crippen LogP contribution < -0.4 is 10.1 Å². The van der Waals surface area contributed by atoms with Crippen molar-refractivity contribution >= 4 is 11.7 Å². The van der Waals surface area contributed by atoms with Crippen LogP contribution >= 0.6 is 0 Å². The van der Waals surface area contributed by atoms with Gasteiger partial charge in [-0.3, -0.25) is 9.53 Å². The van der Waals surface area contributed by atoms with Gasteiger partial charge in [0.05, 0.1) is 11.7 Å². The van der Waals surface area contributed by atoms with Gasteiger partial charge in [0.1, 0.15) is 24.3 Å². The first-order valence-corrected chi connectivity index (χ1v) is 9.08. The number of carbonyl (C=O) groups is 1. The molecular weight excluding hydrogens is 429 g/mol. The Kier molecular flexibility index (Phi) is 6.53. The van der Waals surface area contributed by atoms with Crippen LogP contribution in [0.2, 0.25) is 0 Å². The highest BCUT2D eigenvalue weighted by Crippen LogP contribution is 2.29. The molecule has 3 rings (SSSR count). The standard InChI is InChI=1S/C18H18F5N5O3/c1-9(16(29)28-7-13(10(28)2)31-18(21,22)23)27-14-5-12(25-8-26-14)11-3-4-15(24-6-11)30-17(19)20/h3-6,8-10,13,17H,7H2,1-2H3,(H,25,26,27)/t9-,10+,13+/m1/s1. The lowest BCUT2D eigenvalue weighted by atomic mass is 10.00. The van der Waals surface area contributed by atoms with E-state index in [-0.39, 0.29) is 18.2 Å². The molecule has 3 atom stereocenters. The molecule has 0 radical (unpaired) electrons. The first-order valence-electron chi connectivity index (χ1n) is 9.08. The molecule has 0 aliphatic carbocycles. The second kappa shape index (κ2) is 8.96. The number of aromatic nitrogens is 3. The Bertz CT molecular complexity index is 912. The van der Waals surface area contributed by atoms with E-state index in [1.165, 1.54) is 42.5 Å². The van der Waals surface area contributed by atoms with E-state index in [0.29, 0.717) is 11.3 Å². The predicted octanol–water partition coefficient (Wildman–Crippen LogP) is 3.08. The molecular formula is C18H18F5N5O3. The van der Waals surface area contributed by atoms with Crippen LogP contribution in [-0.4, -0.2) is 63.5 Å². The molecule has 1 aliphatic heterocycles. The minimum atomic E-state index is -4.76. The highest BCUT2D eigenvalue weighted by molar-refractivity contribution is 5.85. The van der Waals surface area contributed by atoms with Gasteiger partial charge in [-0.2, -0.15) is 8.78 Å². The van der Waals surface area contributed by atoms with Gasteiger partial charge in [0.2, 0.25) is 11.8 Å². The molecule has 2 aromatic heterocycles. The first-order chi connectivity index (χ1) is 14.5. The van der Waals surface area contributed by atoms with E-state index < -0.39 is 37.1 Å². The summed E-state index contributed by atoms with van der Waals surface area (Å²) in [5.41, 5.74) is 0.902. The van der Waals surface area contributed by atoms with Gasteiger partial charge in [-0.15, -0.1) is 13.2 Å². The zero-order chi connectivity index (χ0) is 22.8. The number of alkyl halides is 5. The van der Waals surface area contributed by atoms with Crippen molar-refractivity contribution in [3.63, 3.8) is 0 Å². The minimum absolute atomic E-state index is 0.167.